The lowest BCUT2D eigenvalue weighted by molar-refractivity contribution is -0.125. The predicted molar refractivity (Wildman–Crippen MR) is 85.0 cm³/mol. The van der Waals surface area contributed by atoms with Crippen LogP contribution in [0.25, 0.3) is 0 Å². The van der Waals surface area contributed by atoms with E-state index in [2.05, 4.69) is 5.32 Å². The minimum atomic E-state index is 0.0202. The number of nitrogens with one attached hydrogen (secondary N) is 1. The van der Waals surface area contributed by atoms with Gasteiger partial charge in [0, 0.05) is 19.2 Å². The molecule has 122 valence electrons. The van der Waals surface area contributed by atoms with E-state index in [-0.39, 0.29) is 17.9 Å². The van der Waals surface area contributed by atoms with Gasteiger partial charge in [0.25, 0.3) is 0 Å². The molecule has 0 saturated heterocycles. The van der Waals surface area contributed by atoms with Gasteiger partial charge in [-0.25, -0.2) is 0 Å². The minimum absolute atomic E-state index is 0.0202. The van der Waals surface area contributed by atoms with Gasteiger partial charge in [0.15, 0.2) is 0 Å². The summed E-state index contributed by atoms with van der Waals surface area (Å²) in [6.07, 6.45) is 13.2. The molecule has 2 rings (SSSR count). The monoisotopic (exact) mass is 296 g/mol. The summed E-state index contributed by atoms with van der Waals surface area (Å²) >= 11 is 0. The second-order valence-corrected chi connectivity index (χ2v) is 6.68. The van der Waals surface area contributed by atoms with Crippen LogP contribution in [-0.4, -0.2) is 31.2 Å². The molecule has 2 unspecified atom stereocenters. The molecule has 3 N–H and O–H groups in total. The van der Waals surface area contributed by atoms with Gasteiger partial charge in [-0.05, 0) is 32.1 Å². The largest absolute Gasteiger partial charge is 0.378 e. The Balaban J connectivity index is 1.55. The average Bonchev–Trinajstić information content (AvgIpc) is 2.72. The van der Waals surface area contributed by atoms with E-state index in [9.17, 15) is 4.79 Å². The highest BCUT2D eigenvalue weighted by atomic mass is 16.5. The van der Waals surface area contributed by atoms with E-state index in [1.54, 1.807) is 0 Å². The first-order valence-corrected chi connectivity index (χ1v) is 8.92. The Kier molecular flexibility index (Phi) is 7.51. The molecule has 0 aromatic rings. The van der Waals surface area contributed by atoms with Gasteiger partial charge >= 0.3 is 0 Å². The van der Waals surface area contributed by atoms with E-state index < -0.39 is 0 Å². The van der Waals surface area contributed by atoms with Crippen molar-refractivity contribution in [2.45, 2.75) is 82.8 Å². The molecule has 2 aliphatic rings. The SMILES string of the molecule is NC1CCCCCC1C(=O)NCCCOC1CCCCC1. The van der Waals surface area contributed by atoms with Crippen molar-refractivity contribution >= 4 is 5.91 Å². The molecule has 2 fully saturated rings. The first-order chi connectivity index (χ1) is 10.3. The zero-order valence-electron chi connectivity index (χ0n) is 13.3. The van der Waals surface area contributed by atoms with Crippen molar-refractivity contribution in [2.75, 3.05) is 13.2 Å². The molecule has 0 spiro atoms. The van der Waals surface area contributed by atoms with E-state index >= 15 is 0 Å². The van der Waals surface area contributed by atoms with Gasteiger partial charge in [0.1, 0.15) is 0 Å². The topological polar surface area (TPSA) is 64.4 Å². The minimum Gasteiger partial charge on any atom is -0.378 e. The average molecular weight is 296 g/mol. The normalized spacial score (nSPS) is 28.0. The summed E-state index contributed by atoms with van der Waals surface area (Å²) in [4.78, 5) is 12.2. The smallest absolute Gasteiger partial charge is 0.224 e. The number of amides is 1. The molecule has 2 aliphatic carbocycles. The van der Waals surface area contributed by atoms with Gasteiger partial charge in [0.05, 0.1) is 12.0 Å². The molecule has 2 atom stereocenters. The van der Waals surface area contributed by atoms with E-state index in [0.717, 1.165) is 38.8 Å². The van der Waals surface area contributed by atoms with Crippen LogP contribution in [0.4, 0.5) is 0 Å². The van der Waals surface area contributed by atoms with E-state index in [1.165, 1.54) is 44.9 Å². The maximum Gasteiger partial charge on any atom is 0.224 e. The number of carbonyl (C=O) groups is 1. The second kappa shape index (κ2) is 9.42. The molecule has 21 heavy (non-hydrogen) atoms. The molecule has 0 bridgehead atoms. The molecule has 0 aliphatic heterocycles. The van der Waals surface area contributed by atoms with Gasteiger partial charge in [-0.3, -0.25) is 4.79 Å². The van der Waals surface area contributed by atoms with Crippen molar-refractivity contribution < 1.29 is 9.53 Å². The Bertz CT molecular complexity index is 303. The van der Waals surface area contributed by atoms with Crippen LogP contribution in [0.1, 0.15) is 70.6 Å². The fourth-order valence-electron chi connectivity index (χ4n) is 3.56. The number of hydrogen-bond acceptors (Lipinski definition) is 3. The Hall–Kier alpha value is -0.610. The maximum atomic E-state index is 12.2. The van der Waals surface area contributed by atoms with Crippen molar-refractivity contribution in [2.24, 2.45) is 11.7 Å². The molecule has 4 nitrogen and oxygen atoms in total. The molecule has 4 heteroatoms. The fraction of sp³-hybridized carbons (Fsp3) is 0.941. The molecule has 2 saturated carbocycles. The van der Waals surface area contributed by atoms with Gasteiger partial charge in [-0.2, -0.15) is 0 Å². The van der Waals surface area contributed by atoms with Crippen molar-refractivity contribution in [1.82, 2.24) is 5.32 Å². The number of nitrogens with two attached hydrogens (primary N) is 1. The van der Waals surface area contributed by atoms with Crippen molar-refractivity contribution in [3.05, 3.63) is 0 Å². The Morgan fingerprint density at radius 3 is 2.43 bits per heavy atom. The molecular formula is C17H32N2O2. The third kappa shape index (κ3) is 5.95. The van der Waals surface area contributed by atoms with E-state index in [0.29, 0.717) is 6.10 Å². The fourth-order valence-corrected chi connectivity index (χ4v) is 3.56. The van der Waals surface area contributed by atoms with Gasteiger partial charge in [-0.15, -0.1) is 0 Å². The summed E-state index contributed by atoms with van der Waals surface area (Å²) in [5.74, 6) is 0.175. The predicted octanol–water partition coefficient (Wildman–Crippen LogP) is 2.75. The highest BCUT2D eigenvalue weighted by Gasteiger charge is 2.26. The zero-order valence-corrected chi connectivity index (χ0v) is 13.3. The Labute approximate surface area is 129 Å². The molecule has 0 aromatic heterocycles. The molecule has 0 aromatic carbocycles. The quantitative estimate of drug-likeness (QED) is 0.585. The van der Waals surface area contributed by atoms with Gasteiger partial charge < -0.3 is 15.8 Å². The van der Waals surface area contributed by atoms with Crippen molar-refractivity contribution in [3.63, 3.8) is 0 Å². The number of hydrogen-bond donors (Lipinski definition) is 2. The van der Waals surface area contributed by atoms with Crippen LogP contribution < -0.4 is 11.1 Å². The second-order valence-electron chi connectivity index (χ2n) is 6.68. The first-order valence-electron chi connectivity index (χ1n) is 8.92. The van der Waals surface area contributed by atoms with Crippen LogP contribution in [0, 0.1) is 5.92 Å². The summed E-state index contributed by atoms with van der Waals surface area (Å²) in [5.41, 5.74) is 6.12. The van der Waals surface area contributed by atoms with Gasteiger partial charge in [-0.1, -0.05) is 38.5 Å². The molecule has 1 amide bonds. The number of carbonyl (C=O) groups excluding carboxylic acids is 1. The van der Waals surface area contributed by atoms with Crippen LogP contribution in [0.5, 0.6) is 0 Å². The summed E-state index contributed by atoms with van der Waals surface area (Å²) in [7, 11) is 0. The van der Waals surface area contributed by atoms with Gasteiger partial charge in [0.2, 0.25) is 5.91 Å². The zero-order chi connectivity index (χ0) is 14.9. The molecule has 0 heterocycles. The van der Waals surface area contributed by atoms with Crippen LogP contribution in [-0.2, 0) is 9.53 Å². The Morgan fingerprint density at radius 1 is 1.00 bits per heavy atom. The van der Waals surface area contributed by atoms with Crippen LogP contribution in [0.2, 0.25) is 0 Å². The highest BCUT2D eigenvalue weighted by molar-refractivity contribution is 5.79. The van der Waals surface area contributed by atoms with Crippen LogP contribution in [0.3, 0.4) is 0 Å². The third-order valence-corrected chi connectivity index (χ3v) is 4.93. The maximum absolute atomic E-state index is 12.2. The summed E-state index contributed by atoms with van der Waals surface area (Å²) in [6, 6.07) is 0.0472. The van der Waals surface area contributed by atoms with Crippen molar-refractivity contribution in [1.29, 1.82) is 0 Å². The standard InChI is InChI=1S/C17H32N2O2/c18-16-11-6-2-5-10-15(16)17(20)19-12-7-13-21-14-8-3-1-4-9-14/h14-16H,1-13,18H2,(H,19,20). The lowest BCUT2D eigenvalue weighted by atomic mass is 9.94. The molecular weight excluding hydrogens is 264 g/mol. The first kappa shape index (κ1) is 16.8. The van der Waals surface area contributed by atoms with Crippen molar-refractivity contribution in [3.8, 4) is 0 Å². The number of rotatable bonds is 6. The third-order valence-electron chi connectivity index (χ3n) is 4.93. The summed E-state index contributed by atoms with van der Waals surface area (Å²) < 4.78 is 5.88. The summed E-state index contributed by atoms with van der Waals surface area (Å²) in [6.45, 7) is 1.48. The lowest BCUT2D eigenvalue weighted by Crippen LogP contribution is -2.41. The van der Waals surface area contributed by atoms with E-state index in [4.69, 9.17) is 10.5 Å². The van der Waals surface area contributed by atoms with Crippen LogP contribution in [0.15, 0.2) is 0 Å². The summed E-state index contributed by atoms with van der Waals surface area (Å²) in [5, 5.41) is 3.05. The highest BCUT2D eigenvalue weighted by Crippen LogP contribution is 2.22. The Morgan fingerprint density at radius 2 is 1.67 bits per heavy atom. The van der Waals surface area contributed by atoms with Crippen LogP contribution >= 0.6 is 0 Å². The lowest BCUT2D eigenvalue weighted by Gasteiger charge is -2.22. The number of ether oxygens (including phenoxy) is 1. The van der Waals surface area contributed by atoms with E-state index in [1.807, 2.05) is 0 Å². The molecule has 0 radical (unpaired) electrons.